The van der Waals surface area contributed by atoms with Gasteiger partial charge in [-0.1, -0.05) is 24.3 Å². The van der Waals surface area contributed by atoms with Crippen molar-refractivity contribution in [1.29, 1.82) is 5.26 Å². The fourth-order valence-electron chi connectivity index (χ4n) is 2.41. The topological polar surface area (TPSA) is 42.2 Å². The van der Waals surface area contributed by atoms with Gasteiger partial charge in [-0.05, 0) is 43.5 Å². The van der Waals surface area contributed by atoms with E-state index in [-0.39, 0.29) is 5.82 Å². The standard InChI is InChI=1S/C19H20FNO2/c1-14-9-10-18(19(12-14)22-2)23-11-5-6-15(13-21)16-7-3-4-8-17(16)20/h3-4,7-10,12,15H,5-6,11H2,1-2H3. The summed E-state index contributed by atoms with van der Waals surface area (Å²) in [6.45, 7) is 2.43. The van der Waals surface area contributed by atoms with Crippen LogP contribution in [-0.2, 0) is 0 Å². The van der Waals surface area contributed by atoms with Crippen molar-refractivity contribution in [2.75, 3.05) is 13.7 Å². The molecule has 0 radical (unpaired) electrons. The molecule has 0 fully saturated rings. The van der Waals surface area contributed by atoms with Gasteiger partial charge >= 0.3 is 0 Å². The van der Waals surface area contributed by atoms with Gasteiger partial charge < -0.3 is 9.47 Å². The summed E-state index contributed by atoms with van der Waals surface area (Å²) in [5.41, 5.74) is 1.54. The van der Waals surface area contributed by atoms with E-state index >= 15 is 0 Å². The third kappa shape index (κ3) is 4.46. The fraction of sp³-hybridized carbons (Fsp3) is 0.316. The van der Waals surface area contributed by atoms with Gasteiger partial charge in [0.1, 0.15) is 5.82 Å². The highest BCUT2D eigenvalue weighted by atomic mass is 19.1. The Hall–Kier alpha value is -2.54. The third-order valence-electron chi connectivity index (χ3n) is 3.65. The summed E-state index contributed by atoms with van der Waals surface area (Å²) in [6, 6.07) is 14.3. The van der Waals surface area contributed by atoms with Crippen LogP contribution in [0.2, 0.25) is 0 Å². The lowest BCUT2D eigenvalue weighted by molar-refractivity contribution is 0.284. The number of nitriles is 1. The maximum absolute atomic E-state index is 13.7. The molecule has 1 unspecified atom stereocenters. The van der Waals surface area contributed by atoms with Crippen molar-refractivity contribution >= 4 is 0 Å². The molecule has 2 aromatic carbocycles. The number of halogens is 1. The minimum atomic E-state index is -0.459. The maximum atomic E-state index is 13.7. The first-order chi connectivity index (χ1) is 11.2. The van der Waals surface area contributed by atoms with E-state index in [2.05, 4.69) is 6.07 Å². The Bertz CT molecular complexity index is 694. The van der Waals surface area contributed by atoms with Crippen LogP contribution in [0, 0.1) is 24.1 Å². The van der Waals surface area contributed by atoms with Crippen molar-refractivity contribution < 1.29 is 13.9 Å². The summed E-state index contributed by atoms with van der Waals surface area (Å²) in [5, 5.41) is 9.26. The van der Waals surface area contributed by atoms with Crippen molar-refractivity contribution in [3.05, 3.63) is 59.4 Å². The first-order valence-electron chi connectivity index (χ1n) is 7.57. The van der Waals surface area contributed by atoms with E-state index in [1.807, 2.05) is 25.1 Å². The van der Waals surface area contributed by atoms with E-state index in [1.54, 1.807) is 25.3 Å². The molecular formula is C19H20FNO2. The molecule has 0 heterocycles. The number of rotatable bonds is 7. The molecule has 0 spiro atoms. The van der Waals surface area contributed by atoms with Crippen LogP contribution in [0.4, 0.5) is 4.39 Å². The van der Waals surface area contributed by atoms with Crippen LogP contribution in [-0.4, -0.2) is 13.7 Å². The van der Waals surface area contributed by atoms with Gasteiger partial charge in [0.05, 0.1) is 25.7 Å². The van der Waals surface area contributed by atoms with Gasteiger partial charge in [0.2, 0.25) is 0 Å². The largest absolute Gasteiger partial charge is 0.493 e. The van der Waals surface area contributed by atoms with E-state index < -0.39 is 5.92 Å². The highest BCUT2D eigenvalue weighted by molar-refractivity contribution is 5.42. The van der Waals surface area contributed by atoms with Crippen molar-refractivity contribution in [3.63, 3.8) is 0 Å². The van der Waals surface area contributed by atoms with Crippen LogP contribution in [0.3, 0.4) is 0 Å². The van der Waals surface area contributed by atoms with Crippen LogP contribution in [0.25, 0.3) is 0 Å². The molecule has 0 saturated heterocycles. The second-order valence-corrected chi connectivity index (χ2v) is 5.35. The number of ether oxygens (including phenoxy) is 2. The summed E-state index contributed by atoms with van der Waals surface area (Å²) < 4.78 is 24.7. The van der Waals surface area contributed by atoms with Crippen molar-refractivity contribution in [2.45, 2.75) is 25.7 Å². The van der Waals surface area contributed by atoms with Gasteiger partial charge in [0.25, 0.3) is 0 Å². The Morgan fingerprint density at radius 2 is 1.96 bits per heavy atom. The summed E-state index contributed by atoms with van der Waals surface area (Å²) in [5.74, 6) is 0.577. The number of methoxy groups -OCH3 is 1. The number of benzene rings is 2. The smallest absolute Gasteiger partial charge is 0.161 e. The zero-order valence-corrected chi connectivity index (χ0v) is 13.4. The molecule has 0 N–H and O–H groups in total. The lowest BCUT2D eigenvalue weighted by atomic mass is 9.95. The predicted molar refractivity (Wildman–Crippen MR) is 87.2 cm³/mol. The van der Waals surface area contributed by atoms with Gasteiger partial charge in [-0.2, -0.15) is 5.26 Å². The van der Waals surface area contributed by atoms with E-state index in [0.29, 0.717) is 36.5 Å². The third-order valence-corrected chi connectivity index (χ3v) is 3.65. The average molecular weight is 313 g/mol. The Morgan fingerprint density at radius 3 is 2.65 bits per heavy atom. The number of hydrogen-bond acceptors (Lipinski definition) is 3. The molecule has 4 heteroatoms. The Morgan fingerprint density at radius 1 is 1.17 bits per heavy atom. The summed E-state index contributed by atoms with van der Waals surface area (Å²) in [6.07, 6.45) is 1.20. The second kappa shape index (κ2) is 8.19. The molecule has 23 heavy (non-hydrogen) atoms. The molecule has 0 aromatic heterocycles. The first-order valence-corrected chi connectivity index (χ1v) is 7.57. The molecule has 0 amide bonds. The molecule has 120 valence electrons. The maximum Gasteiger partial charge on any atom is 0.161 e. The van der Waals surface area contributed by atoms with Gasteiger partial charge in [-0.3, -0.25) is 0 Å². The minimum Gasteiger partial charge on any atom is -0.493 e. The SMILES string of the molecule is COc1cc(C)ccc1OCCCC(C#N)c1ccccc1F. The molecule has 1 atom stereocenters. The monoisotopic (exact) mass is 313 g/mol. The highest BCUT2D eigenvalue weighted by Gasteiger charge is 2.14. The predicted octanol–water partition coefficient (Wildman–Crippen LogP) is 4.61. The molecule has 0 saturated carbocycles. The van der Waals surface area contributed by atoms with E-state index in [0.717, 1.165) is 5.56 Å². The second-order valence-electron chi connectivity index (χ2n) is 5.35. The fourth-order valence-corrected chi connectivity index (χ4v) is 2.41. The quantitative estimate of drug-likeness (QED) is 0.701. The molecule has 2 aromatic rings. The Labute approximate surface area is 136 Å². The zero-order valence-electron chi connectivity index (χ0n) is 13.4. The normalized spacial score (nSPS) is 11.6. The van der Waals surface area contributed by atoms with Crippen LogP contribution in [0.5, 0.6) is 11.5 Å². The molecular weight excluding hydrogens is 293 g/mol. The number of nitrogens with zero attached hydrogens (tertiary/aromatic N) is 1. The molecule has 3 nitrogen and oxygen atoms in total. The Balaban J connectivity index is 1.90. The van der Waals surface area contributed by atoms with Gasteiger partial charge in [-0.15, -0.1) is 0 Å². The van der Waals surface area contributed by atoms with Crippen LogP contribution >= 0.6 is 0 Å². The van der Waals surface area contributed by atoms with Gasteiger partial charge in [0.15, 0.2) is 11.5 Å². The average Bonchev–Trinajstić information content (AvgIpc) is 2.57. The zero-order chi connectivity index (χ0) is 16.7. The van der Waals surface area contributed by atoms with Crippen LogP contribution in [0.15, 0.2) is 42.5 Å². The highest BCUT2D eigenvalue weighted by Crippen LogP contribution is 2.28. The molecule has 2 rings (SSSR count). The molecule has 0 aliphatic rings. The van der Waals surface area contributed by atoms with Crippen LogP contribution < -0.4 is 9.47 Å². The van der Waals surface area contributed by atoms with Gasteiger partial charge in [-0.25, -0.2) is 4.39 Å². The molecule has 0 aliphatic carbocycles. The molecule has 0 aliphatic heterocycles. The lowest BCUT2D eigenvalue weighted by Crippen LogP contribution is -2.04. The Kier molecular flexibility index (Phi) is 5.99. The van der Waals surface area contributed by atoms with Crippen molar-refractivity contribution in [2.24, 2.45) is 0 Å². The first kappa shape index (κ1) is 16.8. The van der Waals surface area contributed by atoms with Crippen LogP contribution in [0.1, 0.15) is 29.9 Å². The molecule has 0 bridgehead atoms. The van der Waals surface area contributed by atoms with Crippen molar-refractivity contribution in [1.82, 2.24) is 0 Å². The summed E-state index contributed by atoms with van der Waals surface area (Å²) in [7, 11) is 1.60. The van der Waals surface area contributed by atoms with E-state index in [9.17, 15) is 9.65 Å². The van der Waals surface area contributed by atoms with E-state index in [4.69, 9.17) is 9.47 Å². The summed E-state index contributed by atoms with van der Waals surface area (Å²) in [4.78, 5) is 0. The number of aryl methyl sites for hydroxylation is 1. The number of hydrogen-bond donors (Lipinski definition) is 0. The van der Waals surface area contributed by atoms with E-state index in [1.165, 1.54) is 6.07 Å². The van der Waals surface area contributed by atoms with Crippen molar-refractivity contribution in [3.8, 4) is 17.6 Å². The van der Waals surface area contributed by atoms with Gasteiger partial charge in [0, 0.05) is 5.56 Å². The summed E-state index contributed by atoms with van der Waals surface area (Å²) >= 11 is 0. The lowest BCUT2D eigenvalue weighted by Gasteiger charge is -2.13. The minimum absolute atomic E-state index is 0.333.